The lowest BCUT2D eigenvalue weighted by molar-refractivity contribution is 0.852. The highest BCUT2D eigenvalue weighted by atomic mass is 14.7. The highest BCUT2D eigenvalue weighted by Gasteiger charge is 2.18. The Labute approximate surface area is 305 Å². The number of benzene rings is 5. The van der Waals surface area contributed by atoms with Crippen LogP contribution < -0.4 is 0 Å². The van der Waals surface area contributed by atoms with E-state index in [-0.39, 0.29) is 0 Å². The van der Waals surface area contributed by atoms with Gasteiger partial charge < -0.3 is 0 Å². The maximum atomic E-state index is 5.28. The largest absolute Gasteiger partial charge is 0.261 e. The van der Waals surface area contributed by atoms with Gasteiger partial charge in [0.05, 0.1) is 16.9 Å². The zero-order valence-corrected chi connectivity index (χ0v) is 31.1. The van der Waals surface area contributed by atoms with Crippen molar-refractivity contribution in [2.75, 3.05) is 0 Å². The number of aromatic nitrogens is 1. The molecule has 1 heterocycles. The molecule has 0 saturated heterocycles. The number of aryl methyl sites for hydroxylation is 2. The maximum absolute atomic E-state index is 5.28. The molecule has 2 aliphatic carbocycles. The number of allylic oxidation sites excluding steroid dienone is 5. The van der Waals surface area contributed by atoms with Crippen molar-refractivity contribution in [3.63, 3.8) is 0 Å². The molecule has 0 atom stereocenters. The normalized spacial score (nSPS) is 13.8. The second-order valence-corrected chi connectivity index (χ2v) is 12.8. The van der Waals surface area contributed by atoms with E-state index < -0.39 is 0 Å². The molecule has 0 N–H and O–H groups in total. The molecule has 0 fully saturated rings. The van der Waals surface area contributed by atoms with Gasteiger partial charge in [-0.05, 0) is 126 Å². The molecule has 8 rings (SSSR count). The number of fused-ring (bicyclic) bond motifs is 3. The van der Waals surface area contributed by atoms with Crippen molar-refractivity contribution >= 4 is 50.8 Å². The highest BCUT2D eigenvalue weighted by Crippen LogP contribution is 2.40. The summed E-state index contributed by atoms with van der Waals surface area (Å²) in [6, 6.07) is 37.9. The topological polar surface area (TPSA) is 25.2 Å². The van der Waals surface area contributed by atoms with E-state index in [1.54, 1.807) is 0 Å². The molecule has 0 saturated carbocycles. The van der Waals surface area contributed by atoms with Crippen LogP contribution in [0.5, 0.6) is 0 Å². The van der Waals surface area contributed by atoms with Crippen LogP contribution in [0, 0.1) is 6.92 Å². The number of para-hydroxylation sites is 1. The summed E-state index contributed by atoms with van der Waals surface area (Å²) < 4.78 is 0. The molecule has 0 spiro atoms. The number of hydrogen-bond acceptors (Lipinski definition) is 2. The Morgan fingerprint density at radius 2 is 1.47 bits per heavy atom. The first kappa shape index (κ1) is 35.5. The minimum Gasteiger partial charge on any atom is -0.261 e. The van der Waals surface area contributed by atoms with Crippen molar-refractivity contribution in [2.24, 2.45) is 4.99 Å². The van der Waals surface area contributed by atoms with E-state index in [1.165, 1.54) is 72.7 Å². The van der Waals surface area contributed by atoms with Gasteiger partial charge in [0, 0.05) is 22.7 Å². The van der Waals surface area contributed by atoms with Crippen LogP contribution in [0.4, 0.5) is 5.69 Å². The Morgan fingerprint density at radius 1 is 0.686 bits per heavy atom. The van der Waals surface area contributed by atoms with Crippen molar-refractivity contribution in [3.05, 3.63) is 149 Å². The summed E-state index contributed by atoms with van der Waals surface area (Å²) in [6.07, 6.45) is 16.7. The van der Waals surface area contributed by atoms with E-state index in [2.05, 4.69) is 134 Å². The number of hydrogen-bond donors (Lipinski definition) is 0. The smallest absolute Gasteiger partial charge is 0.0732 e. The zero-order chi connectivity index (χ0) is 35.7. The van der Waals surface area contributed by atoms with Crippen LogP contribution >= 0.6 is 0 Å². The van der Waals surface area contributed by atoms with Gasteiger partial charge in [0.2, 0.25) is 0 Å². The summed E-state index contributed by atoms with van der Waals surface area (Å²) in [5, 5.41) is 3.67. The van der Waals surface area contributed by atoms with Gasteiger partial charge in [-0.2, -0.15) is 0 Å². The number of nitrogens with zero attached hydrogens (tertiary/aromatic N) is 2. The van der Waals surface area contributed by atoms with E-state index in [4.69, 9.17) is 9.98 Å². The van der Waals surface area contributed by atoms with Crippen molar-refractivity contribution in [3.8, 4) is 22.4 Å². The molecule has 2 heteroatoms. The standard InChI is InChI=1S/C45H38N2.2C2H6/c1-3-46-45-30(2)11-9-18-40(45)37-16-10-17-38(27-37)41-29-44(39-22-20-32-13-7-8-15-34(32)26-39)47-43-24-23-36(28-42(41)43)35-21-19-31-12-5-4-6-14-33(31)25-35;2*1-2/h3,5,7-9,11-13,15-16,18-29H,4,6,10,14,17H2,1-2H3;2*1-2H3. The van der Waals surface area contributed by atoms with E-state index >= 15 is 0 Å². The predicted molar refractivity (Wildman–Crippen MR) is 225 cm³/mol. The second-order valence-electron chi connectivity index (χ2n) is 12.8. The van der Waals surface area contributed by atoms with Crippen molar-refractivity contribution in [1.29, 1.82) is 0 Å². The average molecular weight is 667 g/mol. The molecule has 0 bridgehead atoms. The van der Waals surface area contributed by atoms with Gasteiger partial charge >= 0.3 is 0 Å². The quantitative estimate of drug-likeness (QED) is 0.168. The summed E-state index contributed by atoms with van der Waals surface area (Å²) in [5.41, 5.74) is 15.7. The van der Waals surface area contributed by atoms with Gasteiger partial charge in [0.1, 0.15) is 0 Å². The van der Waals surface area contributed by atoms with Gasteiger partial charge in [0.25, 0.3) is 0 Å². The summed E-state index contributed by atoms with van der Waals surface area (Å²) in [6.45, 7) is 12.1. The fourth-order valence-electron chi connectivity index (χ4n) is 7.25. The zero-order valence-electron chi connectivity index (χ0n) is 31.1. The fraction of sp³-hybridized carbons (Fsp3) is 0.224. The van der Waals surface area contributed by atoms with Crippen LogP contribution in [-0.4, -0.2) is 11.2 Å². The molecule has 2 nitrogen and oxygen atoms in total. The van der Waals surface area contributed by atoms with Gasteiger partial charge in [-0.15, -0.1) is 0 Å². The third-order valence-corrected chi connectivity index (χ3v) is 9.71. The van der Waals surface area contributed by atoms with E-state index in [0.29, 0.717) is 0 Å². The molecule has 5 aromatic carbocycles. The van der Waals surface area contributed by atoms with Crippen LogP contribution in [0.25, 0.3) is 61.3 Å². The fourth-order valence-corrected chi connectivity index (χ4v) is 7.25. The Morgan fingerprint density at radius 3 is 2.31 bits per heavy atom. The Kier molecular flexibility index (Phi) is 11.5. The summed E-state index contributed by atoms with van der Waals surface area (Å²) in [7, 11) is 0. The molecule has 51 heavy (non-hydrogen) atoms. The van der Waals surface area contributed by atoms with Crippen LogP contribution in [-0.2, 0) is 6.42 Å². The SMILES string of the molecule is CC.CC.CC=Nc1c(C)cccc1C1=CCCC(c2cc(-c3ccc4ccccc4c3)nc3ccc(-c4ccc5c(c4)CCCC=C5)cc23)=C1. The van der Waals surface area contributed by atoms with Gasteiger partial charge in [-0.25, -0.2) is 4.98 Å². The molecular weight excluding hydrogens is 617 g/mol. The lowest BCUT2D eigenvalue weighted by Crippen LogP contribution is -1.98. The third-order valence-electron chi connectivity index (χ3n) is 9.71. The maximum Gasteiger partial charge on any atom is 0.0732 e. The van der Waals surface area contributed by atoms with E-state index in [9.17, 15) is 0 Å². The lowest BCUT2D eigenvalue weighted by Gasteiger charge is -2.19. The number of pyridine rings is 1. The summed E-state index contributed by atoms with van der Waals surface area (Å²) in [4.78, 5) is 10.1. The summed E-state index contributed by atoms with van der Waals surface area (Å²) in [5.74, 6) is 0. The second kappa shape index (κ2) is 16.6. The Balaban J connectivity index is 0.00000108. The molecule has 0 aliphatic heterocycles. The minimum atomic E-state index is 0.980. The minimum absolute atomic E-state index is 0.980. The summed E-state index contributed by atoms with van der Waals surface area (Å²) >= 11 is 0. The molecule has 1 aromatic heterocycles. The average Bonchev–Trinajstić information content (AvgIpc) is 3.45. The number of rotatable bonds is 5. The van der Waals surface area contributed by atoms with Gasteiger partial charge in [-0.3, -0.25) is 4.99 Å². The number of aliphatic imine (C=N–C) groups is 1. The van der Waals surface area contributed by atoms with Crippen LogP contribution in [0.3, 0.4) is 0 Å². The van der Waals surface area contributed by atoms with E-state index in [0.717, 1.165) is 48.1 Å². The molecule has 6 aromatic rings. The third kappa shape index (κ3) is 7.56. The van der Waals surface area contributed by atoms with Crippen LogP contribution in [0.1, 0.15) is 88.1 Å². The Bertz CT molecular complexity index is 2300. The van der Waals surface area contributed by atoms with Crippen molar-refractivity contribution in [1.82, 2.24) is 4.98 Å². The first-order valence-corrected chi connectivity index (χ1v) is 18.9. The molecule has 2 aliphatic rings. The van der Waals surface area contributed by atoms with Gasteiger partial charge in [-0.1, -0.05) is 131 Å². The molecule has 0 unspecified atom stereocenters. The molecule has 0 amide bonds. The van der Waals surface area contributed by atoms with E-state index in [1.807, 2.05) is 40.8 Å². The highest BCUT2D eigenvalue weighted by molar-refractivity contribution is 6.00. The molecular formula is C49H50N2. The molecule has 0 radical (unpaired) electrons. The van der Waals surface area contributed by atoms with Gasteiger partial charge in [0.15, 0.2) is 0 Å². The van der Waals surface area contributed by atoms with Crippen molar-refractivity contribution in [2.45, 2.75) is 73.6 Å². The Hall–Kier alpha value is -5.34. The lowest BCUT2D eigenvalue weighted by atomic mass is 9.87. The van der Waals surface area contributed by atoms with Crippen molar-refractivity contribution < 1.29 is 0 Å². The van der Waals surface area contributed by atoms with Crippen LogP contribution in [0.2, 0.25) is 0 Å². The first-order chi connectivity index (χ1) is 25.1. The first-order valence-electron chi connectivity index (χ1n) is 18.9. The van der Waals surface area contributed by atoms with Crippen LogP contribution in [0.15, 0.2) is 126 Å². The monoisotopic (exact) mass is 666 g/mol. The predicted octanol–water partition coefficient (Wildman–Crippen LogP) is 14.4. The molecule has 256 valence electrons.